The highest BCUT2D eigenvalue weighted by molar-refractivity contribution is 5.97. The molecular formula is C20H24FN3O4. The van der Waals surface area contributed by atoms with Gasteiger partial charge < -0.3 is 24.2 Å². The van der Waals surface area contributed by atoms with Crippen molar-refractivity contribution in [2.75, 3.05) is 38.7 Å². The van der Waals surface area contributed by atoms with Gasteiger partial charge in [-0.1, -0.05) is 0 Å². The Bertz CT molecular complexity index is 1010. The normalized spacial score (nSPS) is 19.9. The van der Waals surface area contributed by atoms with Crippen LogP contribution in [0.15, 0.2) is 17.1 Å². The molecule has 0 radical (unpaired) electrons. The lowest BCUT2D eigenvalue weighted by molar-refractivity contribution is 0.0694. The zero-order chi connectivity index (χ0) is 20.2. The van der Waals surface area contributed by atoms with Gasteiger partial charge in [0, 0.05) is 25.3 Å². The number of carboxylic acid groups (broad SMARTS) is 1. The van der Waals surface area contributed by atoms with Gasteiger partial charge in [0.1, 0.15) is 17.9 Å². The summed E-state index contributed by atoms with van der Waals surface area (Å²) >= 11 is 0. The standard InChI is InChI=1S/C20H24FN3O4/c1-11-10-28-19-16-13(18(25)14(20(26)27)9-24(11)16)8-15(21)17(19)23-6-4-12(5-7-23)22(2)3/h8-9,11-12H,4-7,10H2,1-3H3,(H,26,27). The van der Waals surface area contributed by atoms with Crippen LogP contribution >= 0.6 is 0 Å². The van der Waals surface area contributed by atoms with Crippen molar-refractivity contribution in [2.45, 2.75) is 31.8 Å². The Kier molecular flexibility index (Phi) is 4.53. The Morgan fingerprint density at radius 3 is 2.61 bits per heavy atom. The number of ether oxygens (including phenoxy) is 1. The van der Waals surface area contributed by atoms with Crippen LogP contribution in [0.5, 0.6) is 5.75 Å². The molecule has 1 N–H and O–H groups in total. The van der Waals surface area contributed by atoms with E-state index in [4.69, 9.17) is 4.74 Å². The van der Waals surface area contributed by atoms with Crippen LogP contribution in [-0.4, -0.2) is 60.4 Å². The molecule has 150 valence electrons. The minimum absolute atomic E-state index is 0.0471. The molecular weight excluding hydrogens is 365 g/mol. The number of carbonyl (C=O) groups is 1. The summed E-state index contributed by atoms with van der Waals surface area (Å²) in [5, 5.41) is 9.41. The van der Waals surface area contributed by atoms with Crippen molar-refractivity contribution in [3.05, 3.63) is 33.9 Å². The van der Waals surface area contributed by atoms with Gasteiger partial charge in [-0.25, -0.2) is 9.18 Å². The quantitative estimate of drug-likeness (QED) is 0.869. The van der Waals surface area contributed by atoms with E-state index >= 15 is 4.39 Å². The van der Waals surface area contributed by atoms with Crippen LogP contribution in [0.25, 0.3) is 10.9 Å². The fourth-order valence-corrected chi connectivity index (χ4v) is 4.26. The second kappa shape index (κ2) is 6.77. The van der Waals surface area contributed by atoms with Crippen LogP contribution in [-0.2, 0) is 0 Å². The highest BCUT2D eigenvalue weighted by Gasteiger charge is 2.31. The van der Waals surface area contributed by atoms with Crippen molar-refractivity contribution in [2.24, 2.45) is 0 Å². The Labute approximate surface area is 161 Å². The van der Waals surface area contributed by atoms with Crippen LogP contribution in [0.4, 0.5) is 10.1 Å². The lowest BCUT2D eigenvalue weighted by atomic mass is 10.0. The number of hydrogen-bond acceptors (Lipinski definition) is 5. The molecule has 7 nitrogen and oxygen atoms in total. The van der Waals surface area contributed by atoms with E-state index in [1.165, 1.54) is 12.3 Å². The molecule has 1 atom stereocenters. The monoisotopic (exact) mass is 389 g/mol. The minimum Gasteiger partial charge on any atom is -0.487 e. The smallest absolute Gasteiger partial charge is 0.341 e. The van der Waals surface area contributed by atoms with Gasteiger partial charge in [-0.05, 0) is 39.9 Å². The molecule has 2 aliphatic rings. The fraction of sp³-hybridized carbons (Fsp3) is 0.500. The van der Waals surface area contributed by atoms with Crippen molar-refractivity contribution >= 4 is 22.6 Å². The van der Waals surface area contributed by atoms with E-state index in [0.29, 0.717) is 36.1 Å². The Morgan fingerprint density at radius 1 is 1.32 bits per heavy atom. The summed E-state index contributed by atoms with van der Waals surface area (Å²) in [7, 11) is 4.09. The summed E-state index contributed by atoms with van der Waals surface area (Å²) < 4.78 is 22.8. The van der Waals surface area contributed by atoms with Crippen molar-refractivity contribution in [1.82, 2.24) is 9.47 Å². The predicted octanol–water partition coefficient (Wildman–Crippen LogP) is 2.32. The van der Waals surface area contributed by atoms with E-state index in [2.05, 4.69) is 4.90 Å². The molecule has 28 heavy (non-hydrogen) atoms. The van der Waals surface area contributed by atoms with Crippen LogP contribution < -0.4 is 15.1 Å². The molecule has 0 aliphatic carbocycles. The van der Waals surface area contributed by atoms with Gasteiger partial charge in [0.2, 0.25) is 5.43 Å². The van der Waals surface area contributed by atoms with Gasteiger partial charge in [-0.15, -0.1) is 0 Å². The summed E-state index contributed by atoms with van der Waals surface area (Å²) in [6, 6.07) is 1.46. The number of aromatic nitrogens is 1. The van der Waals surface area contributed by atoms with E-state index in [1.54, 1.807) is 4.57 Å². The minimum atomic E-state index is -1.31. The third-order valence-electron chi connectivity index (χ3n) is 5.88. The largest absolute Gasteiger partial charge is 0.487 e. The first-order chi connectivity index (χ1) is 13.3. The number of nitrogens with zero attached hydrogens (tertiary/aromatic N) is 3. The number of halogens is 1. The second-order valence-corrected chi connectivity index (χ2v) is 7.86. The molecule has 0 amide bonds. The maximum atomic E-state index is 15.1. The van der Waals surface area contributed by atoms with Crippen molar-refractivity contribution in [1.29, 1.82) is 0 Å². The molecule has 3 heterocycles. The van der Waals surface area contributed by atoms with Gasteiger partial charge in [0.25, 0.3) is 0 Å². The van der Waals surface area contributed by atoms with E-state index in [1.807, 2.05) is 25.9 Å². The summed E-state index contributed by atoms with van der Waals surface area (Å²) in [5.74, 6) is -1.52. The maximum absolute atomic E-state index is 15.1. The van der Waals surface area contributed by atoms with Gasteiger partial charge in [0.15, 0.2) is 11.6 Å². The van der Waals surface area contributed by atoms with Crippen LogP contribution in [0.2, 0.25) is 0 Å². The molecule has 1 aromatic heterocycles. The van der Waals surface area contributed by atoms with E-state index in [-0.39, 0.29) is 23.6 Å². The van der Waals surface area contributed by atoms with Crippen molar-refractivity contribution in [3.8, 4) is 5.75 Å². The lowest BCUT2D eigenvalue weighted by Gasteiger charge is -2.38. The number of benzene rings is 1. The van der Waals surface area contributed by atoms with Crippen LogP contribution in [0, 0.1) is 5.82 Å². The van der Waals surface area contributed by atoms with Crippen LogP contribution in [0.3, 0.4) is 0 Å². The molecule has 1 aromatic carbocycles. The van der Waals surface area contributed by atoms with Crippen molar-refractivity contribution in [3.63, 3.8) is 0 Å². The summed E-state index contributed by atoms with van der Waals surface area (Å²) in [5.41, 5.74) is -0.201. The first-order valence-electron chi connectivity index (χ1n) is 9.48. The number of rotatable bonds is 3. The molecule has 1 unspecified atom stereocenters. The SMILES string of the molecule is CC1COc2c(N3CCC(N(C)C)CC3)c(F)cc3c(=O)c(C(=O)O)cn1c23. The second-order valence-electron chi connectivity index (χ2n) is 7.86. The molecule has 0 bridgehead atoms. The maximum Gasteiger partial charge on any atom is 0.341 e. The number of anilines is 1. The first-order valence-corrected chi connectivity index (χ1v) is 9.48. The van der Waals surface area contributed by atoms with E-state index in [9.17, 15) is 14.7 Å². The molecule has 0 saturated carbocycles. The van der Waals surface area contributed by atoms with E-state index in [0.717, 1.165) is 12.8 Å². The summed E-state index contributed by atoms with van der Waals surface area (Å²) in [6.07, 6.45) is 3.17. The molecule has 4 rings (SSSR count). The summed E-state index contributed by atoms with van der Waals surface area (Å²) in [6.45, 7) is 3.54. The van der Waals surface area contributed by atoms with Gasteiger partial charge >= 0.3 is 5.97 Å². The molecule has 0 spiro atoms. The topological polar surface area (TPSA) is 75.0 Å². The average Bonchev–Trinajstić information content (AvgIpc) is 2.65. The van der Waals surface area contributed by atoms with Crippen molar-refractivity contribution < 1.29 is 19.0 Å². The summed E-state index contributed by atoms with van der Waals surface area (Å²) in [4.78, 5) is 28.3. The first kappa shape index (κ1) is 18.7. The third-order valence-corrected chi connectivity index (χ3v) is 5.88. The molecule has 1 saturated heterocycles. The zero-order valence-electron chi connectivity index (χ0n) is 16.2. The Morgan fingerprint density at radius 2 is 2.00 bits per heavy atom. The van der Waals surface area contributed by atoms with Crippen LogP contribution in [0.1, 0.15) is 36.2 Å². The molecule has 2 aromatic rings. The van der Waals surface area contributed by atoms with Gasteiger partial charge in [-0.3, -0.25) is 4.79 Å². The third kappa shape index (κ3) is 2.83. The fourth-order valence-electron chi connectivity index (χ4n) is 4.26. The predicted molar refractivity (Wildman–Crippen MR) is 104 cm³/mol. The number of aromatic carboxylic acids is 1. The number of hydrogen-bond donors (Lipinski definition) is 1. The van der Waals surface area contributed by atoms with Gasteiger partial charge in [0.05, 0.1) is 16.9 Å². The van der Waals surface area contributed by atoms with Gasteiger partial charge in [-0.2, -0.15) is 0 Å². The highest BCUT2D eigenvalue weighted by Crippen LogP contribution is 2.42. The highest BCUT2D eigenvalue weighted by atomic mass is 19.1. The zero-order valence-corrected chi connectivity index (χ0v) is 16.2. The average molecular weight is 389 g/mol. The van der Waals surface area contributed by atoms with E-state index < -0.39 is 17.2 Å². The number of pyridine rings is 1. The Hall–Kier alpha value is -2.61. The number of carboxylic acids is 1. The lowest BCUT2D eigenvalue weighted by Crippen LogP contribution is -2.42. The number of piperidine rings is 1. The Balaban J connectivity index is 1.89. The molecule has 1 fully saturated rings. The molecule has 2 aliphatic heterocycles. The molecule has 8 heteroatoms.